The van der Waals surface area contributed by atoms with E-state index >= 15 is 0 Å². The predicted octanol–water partition coefficient (Wildman–Crippen LogP) is 7.72. The lowest BCUT2D eigenvalue weighted by Crippen LogP contribution is -2.31. The lowest BCUT2D eigenvalue weighted by atomic mass is 9.99. The molecule has 8 heteroatoms. The molecule has 0 radical (unpaired) electrons. The van der Waals surface area contributed by atoms with Crippen molar-refractivity contribution in [2.45, 2.75) is 46.6 Å². The molecule has 2 N–H and O–H groups in total. The van der Waals surface area contributed by atoms with Crippen molar-refractivity contribution in [3.8, 4) is 16.9 Å². The van der Waals surface area contributed by atoms with Crippen LogP contribution in [0.4, 0.5) is 5.69 Å². The van der Waals surface area contributed by atoms with Crippen LogP contribution in [-0.4, -0.2) is 34.7 Å². The van der Waals surface area contributed by atoms with E-state index < -0.39 is 5.97 Å². The molecule has 45 heavy (non-hydrogen) atoms. The van der Waals surface area contributed by atoms with Crippen LogP contribution in [0.1, 0.15) is 63.4 Å². The van der Waals surface area contributed by atoms with Crippen molar-refractivity contribution in [2.24, 2.45) is 0 Å². The molecule has 0 saturated carbocycles. The Balaban J connectivity index is 1.39. The summed E-state index contributed by atoms with van der Waals surface area (Å²) in [5.41, 5.74) is 6.71. The molecule has 1 amide bonds. The Morgan fingerprint density at radius 2 is 1.56 bits per heavy atom. The lowest BCUT2D eigenvalue weighted by Gasteiger charge is -2.26. The summed E-state index contributed by atoms with van der Waals surface area (Å²) >= 11 is 0. The maximum atomic E-state index is 13.9. The molecule has 5 rings (SSSR count). The van der Waals surface area contributed by atoms with Gasteiger partial charge in [0.2, 0.25) is 11.7 Å². The minimum atomic E-state index is -1.14. The first-order valence-electron chi connectivity index (χ1n) is 14.9. The van der Waals surface area contributed by atoms with Crippen LogP contribution in [0, 0.1) is 6.92 Å². The van der Waals surface area contributed by atoms with Gasteiger partial charge in [0.25, 0.3) is 0 Å². The van der Waals surface area contributed by atoms with Crippen molar-refractivity contribution >= 4 is 34.5 Å². The summed E-state index contributed by atoms with van der Waals surface area (Å²) in [5, 5.41) is 20.4. The van der Waals surface area contributed by atoms with Gasteiger partial charge in [-0.15, -0.1) is 0 Å². The SMILES string of the molecule is CCOC(=O)c1ccc(-c2ccc(CCC(=O)N(Cc3cccc(O)c3)c3ccc4oc(C(=O)O)c(C)c4c3CC)cc2)cc1. The largest absolute Gasteiger partial charge is 0.508 e. The number of carbonyl (C=O) groups is 3. The number of carboxylic acids is 1. The third kappa shape index (κ3) is 6.75. The van der Waals surface area contributed by atoms with Crippen molar-refractivity contribution in [1.82, 2.24) is 0 Å². The van der Waals surface area contributed by atoms with Gasteiger partial charge in [-0.3, -0.25) is 4.79 Å². The smallest absolute Gasteiger partial charge is 0.372 e. The number of hydrogen-bond acceptors (Lipinski definition) is 6. The number of anilines is 1. The maximum absolute atomic E-state index is 13.9. The zero-order valence-corrected chi connectivity index (χ0v) is 25.5. The number of amides is 1. The van der Waals surface area contributed by atoms with Crippen molar-refractivity contribution in [3.63, 3.8) is 0 Å². The highest BCUT2D eigenvalue weighted by Crippen LogP contribution is 2.36. The fourth-order valence-corrected chi connectivity index (χ4v) is 5.63. The average molecular weight is 606 g/mol. The molecule has 0 aliphatic carbocycles. The fraction of sp³-hybridized carbons (Fsp3) is 0.216. The number of benzene rings is 4. The molecule has 0 aliphatic heterocycles. The Bertz CT molecular complexity index is 1850. The van der Waals surface area contributed by atoms with Gasteiger partial charge < -0.3 is 24.3 Å². The minimum absolute atomic E-state index is 0.106. The third-order valence-corrected chi connectivity index (χ3v) is 7.88. The highest BCUT2D eigenvalue weighted by atomic mass is 16.5. The molecule has 230 valence electrons. The van der Waals surface area contributed by atoms with Crippen molar-refractivity contribution in [1.29, 1.82) is 0 Å². The number of hydrogen-bond donors (Lipinski definition) is 2. The Morgan fingerprint density at radius 3 is 2.18 bits per heavy atom. The number of rotatable bonds is 11. The van der Waals surface area contributed by atoms with Crippen molar-refractivity contribution < 1.29 is 33.8 Å². The van der Waals surface area contributed by atoms with Crippen LogP contribution in [0.2, 0.25) is 0 Å². The minimum Gasteiger partial charge on any atom is -0.508 e. The zero-order valence-electron chi connectivity index (χ0n) is 25.5. The van der Waals surface area contributed by atoms with Crippen LogP contribution in [-0.2, 0) is 28.9 Å². The Hall–Kier alpha value is -5.37. The monoisotopic (exact) mass is 605 g/mol. The first-order chi connectivity index (χ1) is 21.7. The second kappa shape index (κ2) is 13.5. The molecule has 0 saturated heterocycles. The van der Waals surface area contributed by atoms with Crippen LogP contribution in [0.25, 0.3) is 22.1 Å². The molecule has 0 unspecified atom stereocenters. The highest BCUT2D eigenvalue weighted by Gasteiger charge is 2.25. The molecule has 5 aromatic rings. The lowest BCUT2D eigenvalue weighted by molar-refractivity contribution is -0.118. The summed E-state index contributed by atoms with van der Waals surface area (Å²) in [7, 11) is 0. The molecule has 4 aromatic carbocycles. The van der Waals surface area contributed by atoms with E-state index in [2.05, 4.69) is 0 Å². The number of aromatic carboxylic acids is 1. The molecule has 8 nitrogen and oxygen atoms in total. The van der Waals surface area contributed by atoms with E-state index in [1.807, 2.05) is 49.4 Å². The fourth-order valence-electron chi connectivity index (χ4n) is 5.63. The highest BCUT2D eigenvalue weighted by molar-refractivity contribution is 6.02. The number of carbonyl (C=O) groups excluding carboxylic acids is 2. The van der Waals surface area contributed by atoms with Crippen LogP contribution in [0.3, 0.4) is 0 Å². The number of nitrogens with zero attached hydrogens (tertiary/aromatic N) is 1. The Kier molecular flexibility index (Phi) is 9.33. The second-order valence-electron chi connectivity index (χ2n) is 10.8. The summed E-state index contributed by atoms with van der Waals surface area (Å²) < 4.78 is 10.7. The molecule has 1 heterocycles. The predicted molar refractivity (Wildman–Crippen MR) is 173 cm³/mol. The topological polar surface area (TPSA) is 117 Å². The van der Waals surface area contributed by atoms with Crippen molar-refractivity contribution in [2.75, 3.05) is 11.5 Å². The molecule has 0 fully saturated rings. The first kappa shape index (κ1) is 31.1. The average Bonchev–Trinajstić information content (AvgIpc) is 3.39. The summed E-state index contributed by atoms with van der Waals surface area (Å²) in [6, 6.07) is 25.6. The number of esters is 1. The normalized spacial score (nSPS) is 11.0. The van der Waals surface area contributed by atoms with E-state index in [4.69, 9.17) is 9.15 Å². The van der Waals surface area contributed by atoms with E-state index in [0.717, 1.165) is 27.8 Å². The number of phenolic OH excluding ortho intramolecular Hbond substituents is 1. The van der Waals surface area contributed by atoms with Gasteiger partial charge in [-0.05, 0) is 90.9 Å². The Morgan fingerprint density at radius 1 is 0.867 bits per heavy atom. The van der Waals surface area contributed by atoms with E-state index in [0.29, 0.717) is 47.2 Å². The van der Waals surface area contributed by atoms with Gasteiger partial charge >= 0.3 is 11.9 Å². The van der Waals surface area contributed by atoms with E-state index in [9.17, 15) is 24.6 Å². The van der Waals surface area contributed by atoms with Crippen LogP contribution in [0.15, 0.2) is 89.3 Å². The number of ether oxygens (including phenoxy) is 1. The second-order valence-corrected chi connectivity index (χ2v) is 10.8. The van der Waals surface area contributed by atoms with Gasteiger partial charge in [0, 0.05) is 23.1 Å². The standard InChI is InChI=1S/C37H35NO7/c1-4-30-31(18-19-32-34(30)23(3)35(45-32)36(41)42)38(22-25-7-6-8-29(39)21-25)33(40)20-11-24-9-12-26(13-10-24)27-14-16-28(17-15-27)37(43)44-5-2/h6-10,12-19,21,39H,4-5,11,20,22H2,1-3H3,(H,41,42). The molecular weight excluding hydrogens is 570 g/mol. The number of carboxylic acid groups (broad SMARTS) is 1. The Labute approximate surface area is 261 Å². The number of furan rings is 1. The number of aromatic hydroxyl groups is 1. The summed E-state index contributed by atoms with van der Waals surface area (Å²) in [6.07, 6.45) is 1.30. The molecule has 0 atom stereocenters. The van der Waals surface area contributed by atoms with Crippen LogP contribution in [0.5, 0.6) is 5.75 Å². The molecule has 0 spiro atoms. The molecule has 0 bridgehead atoms. The van der Waals surface area contributed by atoms with Crippen molar-refractivity contribution in [3.05, 3.63) is 119 Å². The number of aryl methyl sites for hydroxylation is 3. The molecule has 0 aliphatic rings. The summed E-state index contributed by atoms with van der Waals surface area (Å²) in [6.45, 7) is 6.02. The molecular formula is C37H35NO7. The maximum Gasteiger partial charge on any atom is 0.372 e. The van der Waals surface area contributed by atoms with Gasteiger partial charge in [0.1, 0.15) is 11.3 Å². The van der Waals surface area contributed by atoms with Gasteiger partial charge in [-0.25, -0.2) is 9.59 Å². The zero-order chi connectivity index (χ0) is 32.1. The number of fused-ring (bicyclic) bond motifs is 1. The van der Waals surface area contributed by atoms with Crippen LogP contribution < -0.4 is 4.90 Å². The van der Waals surface area contributed by atoms with E-state index in [1.165, 1.54) is 0 Å². The van der Waals surface area contributed by atoms with E-state index in [1.54, 1.807) is 61.2 Å². The third-order valence-electron chi connectivity index (χ3n) is 7.88. The first-order valence-corrected chi connectivity index (χ1v) is 14.9. The van der Waals surface area contributed by atoms with Gasteiger partial charge in [0.05, 0.1) is 18.7 Å². The quantitative estimate of drug-likeness (QED) is 0.148. The van der Waals surface area contributed by atoms with Gasteiger partial charge in [-0.1, -0.05) is 55.5 Å². The van der Waals surface area contributed by atoms with E-state index in [-0.39, 0.29) is 36.4 Å². The summed E-state index contributed by atoms with van der Waals surface area (Å²) in [5.74, 6) is -1.59. The van der Waals surface area contributed by atoms with Gasteiger partial charge in [0.15, 0.2) is 0 Å². The summed E-state index contributed by atoms with van der Waals surface area (Å²) in [4.78, 5) is 39.4. The number of phenols is 1. The van der Waals surface area contributed by atoms with Gasteiger partial charge in [-0.2, -0.15) is 0 Å². The van der Waals surface area contributed by atoms with Crippen LogP contribution >= 0.6 is 0 Å². The molecule has 1 aromatic heterocycles.